The van der Waals surface area contributed by atoms with Crippen molar-refractivity contribution in [3.8, 4) is 0 Å². The molecule has 210 valence electrons. The Kier molecular flexibility index (Phi) is 11.5. The van der Waals surface area contributed by atoms with Gasteiger partial charge in [-0.1, -0.05) is 37.3 Å². The van der Waals surface area contributed by atoms with Gasteiger partial charge in [0.15, 0.2) is 11.9 Å². The molecule has 0 amide bonds. The zero-order valence-electron chi connectivity index (χ0n) is 22.5. The smallest absolute Gasteiger partial charge is 0.395 e. The number of rotatable bonds is 15. The highest BCUT2D eigenvalue weighted by atomic mass is 31.2. The third-order valence-corrected chi connectivity index (χ3v) is 7.80. The fourth-order valence-electron chi connectivity index (χ4n) is 3.27. The monoisotopic (exact) mass is 554 g/mol. The highest BCUT2D eigenvalue weighted by Crippen LogP contribution is 2.54. The highest BCUT2D eigenvalue weighted by molar-refractivity contribution is 7.54. The fraction of sp³-hybridized carbons (Fsp3) is 0.520. The Labute approximate surface area is 222 Å². The van der Waals surface area contributed by atoms with E-state index in [1.165, 1.54) is 44.5 Å². The van der Waals surface area contributed by atoms with Crippen molar-refractivity contribution >= 4 is 31.4 Å². The summed E-state index contributed by atoms with van der Waals surface area (Å²) in [6.07, 6.45) is -2.91. The molecule has 2 rings (SSSR count). The van der Waals surface area contributed by atoms with E-state index in [1.807, 2.05) is 6.07 Å². The summed E-state index contributed by atoms with van der Waals surface area (Å²) >= 11 is 0. The fourth-order valence-corrected chi connectivity index (χ4v) is 4.71. The number of ketones is 1. The number of carbonyl (C=O) groups is 4. The minimum Gasteiger partial charge on any atom is -0.485 e. The summed E-state index contributed by atoms with van der Waals surface area (Å²) in [5.74, 6) is -3.17. The molecule has 0 fully saturated rings. The van der Waals surface area contributed by atoms with E-state index in [2.05, 4.69) is 0 Å². The Morgan fingerprint density at radius 2 is 1.66 bits per heavy atom. The summed E-state index contributed by atoms with van der Waals surface area (Å²) in [4.78, 5) is 48.7. The molecule has 1 aromatic carbocycles. The van der Waals surface area contributed by atoms with Gasteiger partial charge in [-0.25, -0.2) is 18.7 Å². The second-order valence-electron chi connectivity index (χ2n) is 8.84. The van der Waals surface area contributed by atoms with Crippen molar-refractivity contribution in [2.45, 2.75) is 51.9 Å². The third kappa shape index (κ3) is 8.41. The first-order chi connectivity index (χ1) is 17.9. The Balaban J connectivity index is 2.48. The number of carbonyl (C=O) groups excluding carboxylic acids is 4. The quantitative estimate of drug-likeness (QED) is 0.179. The standard InChI is InChI=1S/C25H35N2O10P/c1-7-20(29)33-16-19(35-21(30)14-13-17(2)28)22-23(34-15-18-11-9-8-10-12-18)24(25(31)36-22)37-38(32,26(3)4)27(5)6/h8-12,19,22H,7,13-16H2,1-6H3. The van der Waals surface area contributed by atoms with E-state index in [0.717, 1.165) is 5.56 Å². The van der Waals surface area contributed by atoms with Crippen LogP contribution in [0.2, 0.25) is 0 Å². The molecular formula is C25H35N2O10P. The van der Waals surface area contributed by atoms with Gasteiger partial charge in [-0.15, -0.1) is 0 Å². The maximum atomic E-state index is 13.5. The van der Waals surface area contributed by atoms with Gasteiger partial charge in [0.2, 0.25) is 6.10 Å². The van der Waals surface area contributed by atoms with Gasteiger partial charge in [0, 0.05) is 12.8 Å². The lowest BCUT2D eigenvalue weighted by Crippen LogP contribution is -2.38. The molecule has 0 N–H and O–H groups in total. The van der Waals surface area contributed by atoms with Crippen molar-refractivity contribution in [3.05, 3.63) is 47.4 Å². The number of Topliss-reactive ketones (excluding diaryl/α,β-unsaturated/α-hetero) is 1. The van der Waals surface area contributed by atoms with Crippen molar-refractivity contribution in [3.63, 3.8) is 0 Å². The van der Waals surface area contributed by atoms with Gasteiger partial charge in [0.1, 0.15) is 19.0 Å². The summed E-state index contributed by atoms with van der Waals surface area (Å²) in [5, 5.41) is 0. The lowest BCUT2D eigenvalue weighted by atomic mass is 10.1. The number of cyclic esters (lactones) is 1. The van der Waals surface area contributed by atoms with Crippen molar-refractivity contribution in [2.24, 2.45) is 0 Å². The van der Waals surface area contributed by atoms with Gasteiger partial charge in [0.25, 0.3) is 5.76 Å². The second kappa shape index (κ2) is 14.1. The molecule has 1 heterocycles. The van der Waals surface area contributed by atoms with E-state index in [-0.39, 0.29) is 37.4 Å². The molecule has 1 aliphatic heterocycles. The number of benzene rings is 1. The van der Waals surface area contributed by atoms with Crippen LogP contribution in [-0.2, 0) is 53.8 Å². The Hall–Kier alpha value is -3.21. The zero-order chi connectivity index (χ0) is 28.5. The predicted molar refractivity (Wildman–Crippen MR) is 135 cm³/mol. The summed E-state index contributed by atoms with van der Waals surface area (Å²) in [6, 6.07) is 9.01. The van der Waals surface area contributed by atoms with Crippen LogP contribution in [0.3, 0.4) is 0 Å². The molecule has 0 radical (unpaired) electrons. The van der Waals surface area contributed by atoms with Crippen LogP contribution < -0.4 is 0 Å². The molecule has 1 aromatic rings. The topological polar surface area (TPSA) is 138 Å². The van der Waals surface area contributed by atoms with Crippen LogP contribution in [-0.4, -0.2) is 80.0 Å². The van der Waals surface area contributed by atoms with Crippen LogP contribution in [0.4, 0.5) is 0 Å². The van der Waals surface area contributed by atoms with Crippen LogP contribution in [0, 0.1) is 0 Å². The summed E-state index contributed by atoms with van der Waals surface area (Å²) in [7, 11) is 2.36. The molecule has 13 heteroatoms. The van der Waals surface area contributed by atoms with Crippen molar-refractivity contribution in [2.75, 3.05) is 34.8 Å². The average Bonchev–Trinajstić information content (AvgIpc) is 3.18. The molecule has 0 spiro atoms. The predicted octanol–water partition coefficient (Wildman–Crippen LogP) is 2.82. The average molecular weight is 555 g/mol. The number of hydrogen-bond acceptors (Lipinski definition) is 10. The summed E-state index contributed by atoms with van der Waals surface area (Å²) < 4.78 is 44.0. The van der Waals surface area contributed by atoms with Crippen LogP contribution in [0.25, 0.3) is 0 Å². The van der Waals surface area contributed by atoms with E-state index in [1.54, 1.807) is 31.2 Å². The molecule has 1 aliphatic rings. The van der Waals surface area contributed by atoms with E-state index < -0.39 is 50.2 Å². The molecule has 0 bridgehead atoms. The van der Waals surface area contributed by atoms with Crippen molar-refractivity contribution in [1.82, 2.24) is 9.34 Å². The SMILES string of the molecule is CCC(=O)OCC(OC(=O)CCC(C)=O)C1OC(=O)C(OP(=O)(N(C)C)N(C)C)=C1OCc1ccccc1. The first-order valence-corrected chi connectivity index (χ1v) is 13.5. The molecule has 0 aliphatic carbocycles. The molecule has 2 atom stereocenters. The number of hydrogen-bond donors (Lipinski definition) is 0. The Morgan fingerprint density at radius 3 is 2.21 bits per heavy atom. The molecule has 2 unspecified atom stereocenters. The first kappa shape index (κ1) is 31.0. The number of nitrogens with zero attached hydrogens (tertiary/aromatic N) is 2. The molecule has 0 aromatic heterocycles. The Bertz CT molecular complexity index is 1070. The largest absolute Gasteiger partial charge is 0.485 e. The van der Waals surface area contributed by atoms with Gasteiger partial charge in [0.05, 0.1) is 6.42 Å². The highest BCUT2D eigenvalue weighted by Gasteiger charge is 2.48. The Morgan fingerprint density at radius 1 is 1.03 bits per heavy atom. The van der Waals surface area contributed by atoms with Crippen LogP contribution in [0.5, 0.6) is 0 Å². The molecule has 38 heavy (non-hydrogen) atoms. The lowest BCUT2D eigenvalue weighted by molar-refractivity contribution is -0.171. The van der Waals surface area contributed by atoms with Gasteiger partial charge in [-0.05, 0) is 40.7 Å². The molecule has 0 saturated carbocycles. The minimum absolute atomic E-state index is 0.0237. The number of esters is 3. The third-order valence-electron chi connectivity index (χ3n) is 5.36. The maximum absolute atomic E-state index is 13.5. The molecular weight excluding hydrogens is 519 g/mol. The summed E-state index contributed by atoms with van der Waals surface area (Å²) in [6.45, 7) is 2.44. The van der Waals surface area contributed by atoms with Crippen molar-refractivity contribution < 1.29 is 47.2 Å². The molecule has 0 saturated heterocycles. The van der Waals surface area contributed by atoms with E-state index in [4.69, 9.17) is 23.5 Å². The van der Waals surface area contributed by atoms with E-state index in [9.17, 15) is 23.7 Å². The minimum atomic E-state index is -3.73. The van der Waals surface area contributed by atoms with Crippen LogP contribution in [0.15, 0.2) is 41.9 Å². The lowest BCUT2D eigenvalue weighted by Gasteiger charge is -2.29. The zero-order valence-corrected chi connectivity index (χ0v) is 23.4. The van der Waals surface area contributed by atoms with E-state index >= 15 is 0 Å². The summed E-state index contributed by atoms with van der Waals surface area (Å²) in [5.41, 5.74) is 0.744. The van der Waals surface area contributed by atoms with Crippen LogP contribution >= 0.6 is 7.67 Å². The molecule has 12 nitrogen and oxygen atoms in total. The van der Waals surface area contributed by atoms with Gasteiger partial charge in [-0.2, -0.15) is 0 Å². The van der Waals surface area contributed by atoms with Crippen LogP contribution in [0.1, 0.15) is 38.7 Å². The first-order valence-electron chi connectivity index (χ1n) is 12.0. The second-order valence-corrected chi connectivity index (χ2v) is 11.6. The van der Waals surface area contributed by atoms with Gasteiger partial charge < -0.3 is 28.3 Å². The number of ether oxygens (including phenoxy) is 4. The van der Waals surface area contributed by atoms with Gasteiger partial charge in [-0.3, -0.25) is 9.59 Å². The normalized spacial score (nSPS) is 16.3. The maximum Gasteiger partial charge on any atom is 0.395 e. The van der Waals surface area contributed by atoms with Crippen molar-refractivity contribution in [1.29, 1.82) is 0 Å². The van der Waals surface area contributed by atoms with Gasteiger partial charge >= 0.3 is 25.6 Å². The van der Waals surface area contributed by atoms with E-state index in [0.29, 0.717) is 0 Å².